The third-order valence-electron chi connectivity index (χ3n) is 6.13. The summed E-state index contributed by atoms with van der Waals surface area (Å²) in [4.78, 5) is 15.4. The van der Waals surface area contributed by atoms with Gasteiger partial charge in [-0.15, -0.1) is 0 Å². The van der Waals surface area contributed by atoms with Crippen molar-refractivity contribution in [2.24, 2.45) is 5.92 Å². The predicted molar refractivity (Wildman–Crippen MR) is 113 cm³/mol. The van der Waals surface area contributed by atoms with Crippen LogP contribution in [0.5, 0.6) is 0 Å². The minimum atomic E-state index is -3.56. The fourth-order valence-electron chi connectivity index (χ4n) is 4.45. The largest absolute Gasteiger partial charge is 0.381 e. The number of rotatable bonds is 6. The molecule has 0 aromatic heterocycles. The maximum atomic E-state index is 13.2. The Hall–Kier alpha value is -1.95. The van der Waals surface area contributed by atoms with Gasteiger partial charge in [0, 0.05) is 44.8 Å². The van der Waals surface area contributed by atoms with Crippen LogP contribution in [0, 0.1) is 31.1 Å². The molecule has 2 fully saturated rings. The zero-order valence-electron chi connectivity index (χ0n) is 17.8. The van der Waals surface area contributed by atoms with E-state index in [4.69, 9.17) is 10.00 Å². The smallest absolute Gasteiger partial charge is 0.243 e. The first kappa shape index (κ1) is 22.7. The lowest BCUT2D eigenvalue weighted by Gasteiger charge is -2.38. The molecule has 164 valence electrons. The maximum Gasteiger partial charge on any atom is 0.243 e. The van der Waals surface area contributed by atoms with E-state index in [1.807, 2.05) is 30.9 Å². The Morgan fingerprint density at radius 2 is 1.87 bits per heavy atom. The summed E-state index contributed by atoms with van der Waals surface area (Å²) < 4.78 is 33.1. The summed E-state index contributed by atoms with van der Waals surface area (Å²) in [6.45, 7) is 6.13. The zero-order valence-corrected chi connectivity index (χ0v) is 18.7. The van der Waals surface area contributed by atoms with Gasteiger partial charge in [0.2, 0.25) is 15.9 Å². The molecule has 1 amide bonds. The van der Waals surface area contributed by atoms with Crippen LogP contribution in [0.1, 0.15) is 43.2 Å². The Morgan fingerprint density at radius 3 is 2.47 bits per heavy atom. The normalized spacial score (nSPS) is 19.4. The van der Waals surface area contributed by atoms with E-state index in [9.17, 15) is 13.2 Å². The molecule has 2 aliphatic heterocycles. The molecule has 0 radical (unpaired) electrons. The van der Waals surface area contributed by atoms with Gasteiger partial charge in [-0.05, 0) is 51.2 Å². The highest BCUT2D eigenvalue weighted by Gasteiger charge is 2.36. The first-order valence-electron chi connectivity index (χ1n) is 10.7. The number of nitrogens with zero attached hydrogens (tertiary/aromatic N) is 3. The average Bonchev–Trinajstić information content (AvgIpc) is 2.74. The molecule has 1 aromatic carbocycles. The maximum absolute atomic E-state index is 13.2. The number of piperidine rings is 1. The Morgan fingerprint density at radius 1 is 1.20 bits per heavy atom. The Kier molecular flexibility index (Phi) is 7.50. The molecule has 2 saturated heterocycles. The fraction of sp³-hybridized carbons (Fsp3) is 0.636. The van der Waals surface area contributed by atoms with E-state index in [-0.39, 0.29) is 17.9 Å². The number of carbonyl (C=O) groups excluding carboxylic acids is 1. The van der Waals surface area contributed by atoms with Crippen LogP contribution in [-0.4, -0.2) is 62.4 Å². The lowest BCUT2D eigenvalue weighted by molar-refractivity contribution is -0.141. The molecule has 7 nitrogen and oxygen atoms in total. The van der Waals surface area contributed by atoms with Crippen molar-refractivity contribution in [1.29, 1.82) is 5.26 Å². The van der Waals surface area contributed by atoms with Crippen molar-refractivity contribution in [2.45, 2.75) is 56.9 Å². The first-order chi connectivity index (χ1) is 14.3. The average molecular weight is 434 g/mol. The standard InChI is InChI=1S/C22H31N3O4S/c1-17-4-5-21(18(2)16-17)30(27,28)24-12-6-19(7-13-24)22(26)25(11-3-10-23)20-8-14-29-15-9-20/h4-5,16,19-20H,3,6-9,11-15H2,1-2H3. The molecule has 1 aromatic rings. The number of hydrogen-bond acceptors (Lipinski definition) is 5. The number of hydrogen-bond donors (Lipinski definition) is 0. The Bertz CT molecular complexity index is 895. The van der Waals surface area contributed by atoms with E-state index < -0.39 is 10.0 Å². The molecule has 0 atom stereocenters. The van der Waals surface area contributed by atoms with Crippen LogP contribution in [0.25, 0.3) is 0 Å². The Labute approximate surface area is 179 Å². The summed E-state index contributed by atoms with van der Waals surface area (Å²) in [5, 5.41) is 8.99. The van der Waals surface area contributed by atoms with Crippen LogP contribution in [0.4, 0.5) is 0 Å². The molecule has 30 heavy (non-hydrogen) atoms. The molecule has 0 bridgehead atoms. The molecule has 0 N–H and O–H groups in total. The van der Waals surface area contributed by atoms with Crippen molar-refractivity contribution in [3.8, 4) is 6.07 Å². The molecule has 3 rings (SSSR count). The second-order valence-corrected chi connectivity index (χ2v) is 10.1. The van der Waals surface area contributed by atoms with Gasteiger partial charge in [-0.1, -0.05) is 17.7 Å². The van der Waals surface area contributed by atoms with Crippen LogP contribution in [0.3, 0.4) is 0 Å². The highest BCUT2D eigenvalue weighted by molar-refractivity contribution is 7.89. The van der Waals surface area contributed by atoms with Crippen LogP contribution in [0.2, 0.25) is 0 Å². The number of amides is 1. The number of aryl methyl sites for hydroxylation is 2. The third-order valence-corrected chi connectivity index (χ3v) is 8.19. The van der Waals surface area contributed by atoms with E-state index in [0.717, 1.165) is 24.0 Å². The molecular weight excluding hydrogens is 402 g/mol. The number of sulfonamides is 1. The molecule has 8 heteroatoms. The van der Waals surface area contributed by atoms with Gasteiger partial charge in [0.15, 0.2) is 0 Å². The van der Waals surface area contributed by atoms with E-state index in [1.54, 1.807) is 6.07 Å². The van der Waals surface area contributed by atoms with Crippen molar-refractivity contribution in [3.63, 3.8) is 0 Å². The SMILES string of the molecule is Cc1ccc(S(=O)(=O)N2CCC(C(=O)N(CCC#N)C3CCOCC3)CC2)c(C)c1. The number of carbonyl (C=O) groups is 1. The molecular formula is C22H31N3O4S. The van der Waals surface area contributed by atoms with Crippen molar-refractivity contribution in [1.82, 2.24) is 9.21 Å². The van der Waals surface area contributed by atoms with Crippen molar-refractivity contribution < 1.29 is 17.9 Å². The predicted octanol–water partition coefficient (Wildman–Crippen LogP) is 2.63. The number of benzene rings is 1. The molecule has 2 aliphatic rings. The van der Waals surface area contributed by atoms with Gasteiger partial charge >= 0.3 is 0 Å². The quantitative estimate of drug-likeness (QED) is 0.688. The lowest BCUT2D eigenvalue weighted by atomic mass is 9.94. The summed E-state index contributed by atoms with van der Waals surface area (Å²) >= 11 is 0. The molecule has 0 saturated carbocycles. The molecule has 2 heterocycles. The number of nitriles is 1. The second kappa shape index (κ2) is 9.90. The highest BCUT2D eigenvalue weighted by atomic mass is 32.2. The van der Waals surface area contributed by atoms with Crippen molar-refractivity contribution in [2.75, 3.05) is 32.8 Å². The fourth-order valence-corrected chi connectivity index (χ4v) is 6.12. The Balaban J connectivity index is 1.67. The van der Waals surface area contributed by atoms with Crippen molar-refractivity contribution >= 4 is 15.9 Å². The van der Waals surface area contributed by atoms with Gasteiger partial charge in [-0.25, -0.2) is 8.42 Å². The van der Waals surface area contributed by atoms with Gasteiger partial charge in [0.1, 0.15) is 0 Å². The molecule has 0 unspecified atom stereocenters. The van der Waals surface area contributed by atoms with Crippen LogP contribution in [-0.2, 0) is 19.6 Å². The summed E-state index contributed by atoms with van der Waals surface area (Å²) in [7, 11) is -3.56. The second-order valence-electron chi connectivity index (χ2n) is 8.23. The topological polar surface area (TPSA) is 90.7 Å². The van der Waals surface area contributed by atoms with Gasteiger partial charge in [-0.3, -0.25) is 4.79 Å². The van der Waals surface area contributed by atoms with E-state index in [0.29, 0.717) is 57.0 Å². The summed E-state index contributed by atoms with van der Waals surface area (Å²) in [6, 6.07) is 7.61. The van der Waals surface area contributed by atoms with E-state index >= 15 is 0 Å². The van der Waals surface area contributed by atoms with Crippen molar-refractivity contribution in [3.05, 3.63) is 29.3 Å². The van der Waals surface area contributed by atoms with Gasteiger partial charge in [-0.2, -0.15) is 9.57 Å². The molecule has 0 aliphatic carbocycles. The van der Waals surface area contributed by atoms with Crippen LogP contribution >= 0.6 is 0 Å². The van der Waals surface area contributed by atoms with E-state index in [2.05, 4.69) is 6.07 Å². The van der Waals surface area contributed by atoms with Gasteiger partial charge in [0.25, 0.3) is 0 Å². The summed E-state index contributed by atoms with van der Waals surface area (Å²) in [6.07, 6.45) is 2.90. The summed E-state index contributed by atoms with van der Waals surface area (Å²) in [5.41, 5.74) is 1.77. The van der Waals surface area contributed by atoms with Gasteiger partial charge in [0.05, 0.1) is 17.4 Å². The van der Waals surface area contributed by atoms with E-state index in [1.165, 1.54) is 4.31 Å². The minimum Gasteiger partial charge on any atom is -0.381 e. The summed E-state index contributed by atoms with van der Waals surface area (Å²) in [5.74, 6) is -0.141. The minimum absolute atomic E-state index is 0.0562. The third kappa shape index (κ3) is 5.02. The monoisotopic (exact) mass is 433 g/mol. The zero-order chi connectivity index (χ0) is 21.7. The van der Waals surface area contributed by atoms with Gasteiger partial charge < -0.3 is 9.64 Å². The lowest BCUT2D eigenvalue weighted by Crippen LogP contribution is -2.49. The molecule has 0 spiro atoms. The highest BCUT2D eigenvalue weighted by Crippen LogP contribution is 2.28. The first-order valence-corrected chi connectivity index (χ1v) is 12.1. The van der Waals surface area contributed by atoms with Crippen LogP contribution in [0.15, 0.2) is 23.1 Å². The van der Waals surface area contributed by atoms with Crippen LogP contribution < -0.4 is 0 Å². The number of ether oxygens (including phenoxy) is 1.